The van der Waals surface area contributed by atoms with Gasteiger partial charge in [-0.2, -0.15) is 0 Å². The lowest BCUT2D eigenvalue weighted by molar-refractivity contribution is 0.599. The van der Waals surface area contributed by atoms with Gasteiger partial charge < -0.3 is 0 Å². The minimum absolute atomic E-state index is 0.149. The second-order valence-corrected chi connectivity index (χ2v) is 6.98. The van der Waals surface area contributed by atoms with Crippen molar-refractivity contribution in [1.82, 2.24) is 0 Å². The molecule has 6 heteroatoms. The molecule has 112 valence electrons. The van der Waals surface area contributed by atoms with Gasteiger partial charge in [-0.15, -0.1) is 0 Å². The molecule has 0 spiro atoms. The van der Waals surface area contributed by atoms with E-state index in [-0.39, 0.29) is 15.8 Å². The van der Waals surface area contributed by atoms with Crippen LogP contribution in [-0.2, 0) is 10.0 Å². The second-order valence-electron chi connectivity index (χ2n) is 4.92. The molecule has 2 aromatic rings. The molecule has 0 bridgehead atoms. The summed E-state index contributed by atoms with van der Waals surface area (Å²) in [5.41, 5.74) is 1.37. The number of nitrogens with one attached hydrogen (secondary N) is 1. The van der Waals surface area contributed by atoms with Gasteiger partial charge in [0.15, 0.2) is 0 Å². The van der Waals surface area contributed by atoms with E-state index in [1.54, 1.807) is 12.1 Å². The molecule has 0 atom stereocenters. The highest BCUT2D eigenvalue weighted by molar-refractivity contribution is 7.92. The minimum atomic E-state index is -3.87. The summed E-state index contributed by atoms with van der Waals surface area (Å²) in [6.07, 6.45) is 0. The van der Waals surface area contributed by atoms with Crippen molar-refractivity contribution in [2.24, 2.45) is 0 Å². The van der Waals surface area contributed by atoms with Crippen LogP contribution in [0, 0.1) is 5.82 Å². The first-order valence-electron chi connectivity index (χ1n) is 6.38. The molecule has 0 fully saturated rings. The van der Waals surface area contributed by atoms with E-state index in [4.69, 9.17) is 11.6 Å². The van der Waals surface area contributed by atoms with Crippen molar-refractivity contribution < 1.29 is 12.8 Å². The third-order valence-corrected chi connectivity index (χ3v) is 4.86. The number of anilines is 1. The number of sulfonamides is 1. The zero-order valence-electron chi connectivity index (χ0n) is 11.6. The summed E-state index contributed by atoms with van der Waals surface area (Å²) >= 11 is 5.82. The number of hydrogen-bond acceptors (Lipinski definition) is 2. The Balaban J connectivity index is 2.43. The average Bonchev–Trinajstić information content (AvgIpc) is 2.37. The Morgan fingerprint density at radius 3 is 2.43 bits per heavy atom. The standard InChI is InChI=1S/C15H15ClFNO2S/c1-10(2)12-5-3-4-6-14(12)18-21(19,20)15-8-7-11(17)9-13(15)16/h3-10,18H,1-2H3. The molecule has 0 saturated carbocycles. The van der Waals surface area contributed by atoms with E-state index in [2.05, 4.69) is 4.72 Å². The molecule has 2 rings (SSSR count). The molecular weight excluding hydrogens is 313 g/mol. The maximum Gasteiger partial charge on any atom is 0.263 e. The molecule has 0 amide bonds. The summed E-state index contributed by atoms with van der Waals surface area (Å²) in [7, 11) is -3.87. The van der Waals surface area contributed by atoms with Crippen LogP contribution in [-0.4, -0.2) is 8.42 Å². The Morgan fingerprint density at radius 1 is 1.14 bits per heavy atom. The molecule has 3 nitrogen and oxygen atoms in total. The Morgan fingerprint density at radius 2 is 1.81 bits per heavy atom. The molecule has 1 N–H and O–H groups in total. The summed E-state index contributed by atoms with van der Waals surface area (Å²) in [5.74, 6) is -0.422. The predicted molar refractivity (Wildman–Crippen MR) is 82.7 cm³/mol. The van der Waals surface area contributed by atoms with Crippen LogP contribution < -0.4 is 4.72 Å². The minimum Gasteiger partial charge on any atom is -0.279 e. The fraction of sp³-hybridized carbons (Fsp3) is 0.200. The fourth-order valence-electron chi connectivity index (χ4n) is 1.99. The topological polar surface area (TPSA) is 46.2 Å². The molecular formula is C15H15ClFNO2S. The van der Waals surface area contributed by atoms with Crippen LogP contribution in [0.1, 0.15) is 25.3 Å². The summed E-state index contributed by atoms with van der Waals surface area (Å²) in [6.45, 7) is 3.94. The van der Waals surface area contributed by atoms with Gasteiger partial charge in [0.05, 0.1) is 10.7 Å². The van der Waals surface area contributed by atoms with Crippen LogP contribution in [0.15, 0.2) is 47.4 Å². The molecule has 0 aliphatic heterocycles. The average molecular weight is 328 g/mol. The van der Waals surface area contributed by atoms with E-state index in [9.17, 15) is 12.8 Å². The largest absolute Gasteiger partial charge is 0.279 e. The van der Waals surface area contributed by atoms with Crippen molar-refractivity contribution >= 4 is 27.3 Å². The van der Waals surface area contributed by atoms with Gasteiger partial charge in [-0.05, 0) is 35.7 Å². The van der Waals surface area contributed by atoms with Crippen LogP contribution in [0.25, 0.3) is 0 Å². The van der Waals surface area contributed by atoms with E-state index in [1.165, 1.54) is 0 Å². The lowest BCUT2D eigenvalue weighted by atomic mass is 10.0. The predicted octanol–water partition coefficient (Wildman–Crippen LogP) is 4.40. The number of para-hydroxylation sites is 1. The molecule has 21 heavy (non-hydrogen) atoms. The van der Waals surface area contributed by atoms with Crippen molar-refractivity contribution in [2.45, 2.75) is 24.7 Å². The van der Waals surface area contributed by atoms with Gasteiger partial charge in [-0.3, -0.25) is 4.72 Å². The zero-order chi connectivity index (χ0) is 15.6. The van der Waals surface area contributed by atoms with Crippen molar-refractivity contribution in [1.29, 1.82) is 0 Å². The van der Waals surface area contributed by atoms with Gasteiger partial charge in [-0.1, -0.05) is 43.6 Å². The Hall–Kier alpha value is -1.59. The highest BCUT2D eigenvalue weighted by atomic mass is 35.5. The summed E-state index contributed by atoms with van der Waals surface area (Å²) in [4.78, 5) is -0.149. The van der Waals surface area contributed by atoms with Crippen molar-refractivity contribution in [3.8, 4) is 0 Å². The maximum atomic E-state index is 13.0. The van der Waals surface area contributed by atoms with E-state index < -0.39 is 15.8 Å². The van der Waals surface area contributed by atoms with Crippen molar-refractivity contribution in [3.05, 3.63) is 58.9 Å². The third-order valence-electron chi connectivity index (χ3n) is 3.01. The first-order chi connectivity index (χ1) is 9.81. The molecule has 0 aromatic heterocycles. The highest BCUT2D eigenvalue weighted by Gasteiger charge is 2.20. The zero-order valence-corrected chi connectivity index (χ0v) is 13.2. The van der Waals surface area contributed by atoms with Crippen LogP contribution in [0.5, 0.6) is 0 Å². The molecule has 0 saturated heterocycles. The monoisotopic (exact) mass is 327 g/mol. The third kappa shape index (κ3) is 3.54. The molecule has 0 heterocycles. The van der Waals surface area contributed by atoms with E-state index in [0.717, 1.165) is 23.8 Å². The van der Waals surface area contributed by atoms with Crippen LogP contribution in [0.4, 0.5) is 10.1 Å². The van der Waals surface area contributed by atoms with E-state index in [1.807, 2.05) is 26.0 Å². The number of hydrogen-bond donors (Lipinski definition) is 1. The Bertz CT molecular complexity index is 760. The van der Waals surface area contributed by atoms with Gasteiger partial charge in [0, 0.05) is 0 Å². The van der Waals surface area contributed by atoms with Crippen LogP contribution >= 0.6 is 11.6 Å². The van der Waals surface area contributed by atoms with Gasteiger partial charge in [-0.25, -0.2) is 12.8 Å². The molecule has 0 radical (unpaired) electrons. The molecule has 0 aliphatic rings. The Kier molecular flexibility index (Phi) is 4.54. The number of benzene rings is 2. The van der Waals surface area contributed by atoms with Gasteiger partial charge in [0.1, 0.15) is 10.7 Å². The maximum absolute atomic E-state index is 13.0. The lowest BCUT2D eigenvalue weighted by Gasteiger charge is -2.15. The quantitative estimate of drug-likeness (QED) is 0.904. The second kappa shape index (κ2) is 6.03. The summed E-state index contributed by atoms with van der Waals surface area (Å²) in [5, 5.41) is -0.149. The lowest BCUT2D eigenvalue weighted by Crippen LogP contribution is -2.15. The summed E-state index contributed by atoms with van der Waals surface area (Å²) < 4.78 is 40.3. The van der Waals surface area contributed by atoms with E-state index in [0.29, 0.717) is 5.69 Å². The summed E-state index contributed by atoms with van der Waals surface area (Å²) in [6, 6.07) is 10.3. The molecule has 0 aliphatic carbocycles. The van der Waals surface area contributed by atoms with Crippen molar-refractivity contribution in [2.75, 3.05) is 4.72 Å². The molecule has 0 unspecified atom stereocenters. The first-order valence-corrected chi connectivity index (χ1v) is 8.24. The van der Waals surface area contributed by atoms with Crippen LogP contribution in [0.3, 0.4) is 0 Å². The van der Waals surface area contributed by atoms with Gasteiger partial charge in [0.25, 0.3) is 10.0 Å². The van der Waals surface area contributed by atoms with Gasteiger partial charge >= 0.3 is 0 Å². The highest BCUT2D eigenvalue weighted by Crippen LogP contribution is 2.28. The smallest absolute Gasteiger partial charge is 0.263 e. The van der Waals surface area contributed by atoms with Crippen molar-refractivity contribution in [3.63, 3.8) is 0 Å². The Labute approximate surface area is 128 Å². The fourth-order valence-corrected chi connectivity index (χ4v) is 3.61. The molecule has 2 aromatic carbocycles. The number of halogens is 2. The number of rotatable bonds is 4. The SMILES string of the molecule is CC(C)c1ccccc1NS(=O)(=O)c1ccc(F)cc1Cl. The van der Waals surface area contributed by atoms with Crippen LogP contribution in [0.2, 0.25) is 5.02 Å². The van der Waals surface area contributed by atoms with Gasteiger partial charge in [0.2, 0.25) is 0 Å². The first kappa shape index (κ1) is 15.8. The normalized spacial score (nSPS) is 11.7. The van der Waals surface area contributed by atoms with E-state index >= 15 is 0 Å².